The average molecular weight is 362 g/mol. The number of benzene rings is 1. The van der Waals surface area contributed by atoms with Gasteiger partial charge in [0.2, 0.25) is 10.0 Å². The minimum Gasteiger partial charge on any atom is -0.478 e. The Kier molecular flexibility index (Phi) is 4.51. The van der Waals surface area contributed by atoms with Gasteiger partial charge in [-0.2, -0.15) is 4.31 Å². The number of sulfonamides is 1. The Hall–Kier alpha value is -0.920. The van der Waals surface area contributed by atoms with E-state index in [-0.39, 0.29) is 16.5 Å². The molecule has 1 saturated carbocycles. The highest BCUT2D eigenvalue weighted by atomic mass is 79.9. The van der Waals surface area contributed by atoms with E-state index in [2.05, 4.69) is 15.9 Å². The summed E-state index contributed by atoms with van der Waals surface area (Å²) in [6.45, 7) is 2.42. The molecule has 1 fully saturated rings. The lowest BCUT2D eigenvalue weighted by Gasteiger charge is -2.22. The molecule has 0 aromatic heterocycles. The van der Waals surface area contributed by atoms with E-state index in [1.54, 1.807) is 0 Å². The molecule has 1 aromatic carbocycles. The summed E-state index contributed by atoms with van der Waals surface area (Å²) in [5, 5.41) is 8.91. The molecule has 7 heteroatoms. The Morgan fingerprint density at radius 2 is 2.10 bits per heavy atom. The minimum atomic E-state index is -3.58. The van der Waals surface area contributed by atoms with E-state index in [1.807, 2.05) is 6.92 Å². The first-order chi connectivity index (χ1) is 9.37. The summed E-state index contributed by atoms with van der Waals surface area (Å²) in [5.41, 5.74) is 0.0595. The molecule has 1 aliphatic carbocycles. The molecule has 0 amide bonds. The van der Waals surface area contributed by atoms with Gasteiger partial charge in [-0.1, -0.05) is 6.92 Å². The second kappa shape index (κ2) is 5.83. The Morgan fingerprint density at radius 3 is 2.55 bits per heavy atom. The van der Waals surface area contributed by atoms with Gasteiger partial charge in [0.1, 0.15) is 0 Å². The van der Waals surface area contributed by atoms with Crippen molar-refractivity contribution in [3.8, 4) is 0 Å². The summed E-state index contributed by atoms with van der Waals surface area (Å²) in [6.07, 6.45) is 2.54. The number of halogens is 1. The van der Waals surface area contributed by atoms with E-state index in [9.17, 15) is 13.2 Å². The lowest BCUT2D eigenvalue weighted by molar-refractivity contribution is 0.0696. The molecule has 0 aliphatic heterocycles. The molecule has 0 radical (unpaired) electrons. The van der Waals surface area contributed by atoms with E-state index in [1.165, 1.54) is 22.5 Å². The van der Waals surface area contributed by atoms with Crippen LogP contribution >= 0.6 is 15.9 Å². The monoisotopic (exact) mass is 361 g/mol. The van der Waals surface area contributed by atoms with Crippen LogP contribution in [0.2, 0.25) is 0 Å². The van der Waals surface area contributed by atoms with Crippen molar-refractivity contribution >= 4 is 31.9 Å². The van der Waals surface area contributed by atoms with Crippen molar-refractivity contribution in [3.63, 3.8) is 0 Å². The number of nitrogens with zero attached hydrogens (tertiary/aromatic N) is 1. The quantitative estimate of drug-likeness (QED) is 0.844. The van der Waals surface area contributed by atoms with Crippen molar-refractivity contribution in [2.24, 2.45) is 0 Å². The van der Waals surface area contributed by atoms with E-state index in [0.717, 1.165) is 19.3 Å². The number of hydrogen-bond donors (Lipinski definition) is 1. The number of carbonyl (C=O) groups is 1. The molecule has 0 bridgehead atoms. The fourth-order valence-corrected chi connectivity index (χ4v) is 4.87. The fourth-order valence-electron chi connectivity index (χ4n) is 2.05. The molecule has 0 spiro atoms. The zero-order valence-electron chi connectivity index (χ0n) is 11.0. The maximum atomic E-state index is 12.7. The van der Waals surface area contributed by atoms with Gasteiger partial charge in [-0.05, 0) is 53.4 Å². The summed E-state index contributed by atoms with van der Waals surface area (Å²) < 4.78 is 27.1. The van der Waals surface area contributed by atoms with Crippen LogP contribution < -0.4 is 0 Å². The molecular formula is C13H16BrNO4S. The van der Waals surface area contributed by atoms with Crippen LogP contribution in [0, 0.1) is 0 Å². The summed E-state index contributed by atoms with van der Waals surface area (Å²) >= 11 is 3.17. The standard InChI is InChI=1S/C13H16BrNO4S/c1-2-7-15(10-4-5-10)20(18,19)12-6-3-9(13(16)17)8-11(12)14/h3,6,8,10H,2,4-5,7H2,1H3,(H,16,17). The molecule has 0 saturated heterocycles. The number of carboxylic acids is 1. The third kappa shape index (κ3) is 3.05. The Bertz CT molecular complexity index is 625. The SMILES string of the molecule is CCCN(C1CC1)S(=O)(=O)c1ccc(C(=O)O)cc1Br. The van der Waals surface area contributed by atoms with Gasteiger partial charge in [0.05, 0.1) is 10.5 Å². The fraction of sp³-hybridized carbons (Fsp3) is 0.462. The maximum absolute atomic E-state index is 12.7. The van der Waals surface area contributed by atoms with Crippen LogP contribution in [0.15, 0.2) is 27.6 Å². The summed E-state index contributed by atoms with van der Waals surface area (Å²) in [5.74, 6) is -1.08. The second-order valence-corrected chi connectivity index (χ2v) is 7.51. The van der Waals surface area contributed by atoms with Crippen molar-refractivity contribution in [2.45, 2.75) is 37.1 Å². The van der Waals surface area contributed by atoms with Crippen LogP contribution in [0.4, 0.5) is 0 Å². The first kappa shape index (κ1) is 15.5. The number of carboxylic acid groups (broad SMARTS) is 1. The minimum absolute atomic E-state index is 0.0595. The third-order valence-electron chi connectivity index (χ3n) is 3.16. The molecule has 1 aromatic rings. The van der Waals surface area contributed by atoms with Gasteiger partial charge in [0, 0.05) is 17.1 Å². The zero-order chi connectivity index (χ0) is 14.9. The predicted octanol–water partition coefficient (Wildman–Crippen LogP) is 2.71. The summed E-state index contributed by atoms with van der Waals surface area (Å²) in [7, 11) is -3.58. The lowest BCUT2D eigenvalue weighted by Crippen LogP contribution is -2.34. The van der Waals surface area contributed by atoms with Gasteiger partial charge in [-0.25, -0.2) is 13.2 Å². The number of hydrogen-bond acceptors (Lipinski definition) is 3. The first-order valence-corrected chi connectivity index (χ1v) is 8.66. The van der Waals surface area contributed by atoms with Crippen molar-refractivity contribution in [3.05, 3.63) is 28.2 Å². The molecule has 20 heavy (non-hydrogen) atoms. The van der Waals surface area contributed by atoms with Crippen molar-refractivity contribution in [1.29, 1.82) is 0 Å². The van der Waals surface area contributed by atoms with Crippen molar-refractivity contribution in [2.75, 3.05) is 6.54 Å². The van der Waals surface area contributed by atoms with Crippen LogP contribution in [-0.2, 0) is 10.0 Å². The van der Waals surface area contributed by atoms with E-state index in [0.29, 0.717) is 11.0 Å². The highest BCUT2D eigenvalue weighted by Crippen LogP contribution is 2.34. The molecule has 1 aliphatic rings. The van der Waals surface area contributed by atoms with Crippen molar-refractivity contribution < 1.29 is 18.3 Å². The smallest absolute Gasteiger partial charge is 0.335 e. The molecule has 1 N–H and O–H groups in total. The molecule has 0 unspecified atom stereocenters. The van der Waals surface area contributed by atoms with E-state index >= 15 is 0 Å². The molecule has 0 heterocycles. The van der Waals surface area contributed by atoms with Crippen LogP contribution in [-0.4, -0.2) is 36.4 Å². The molecular weight excluding hydrogens is 346 g/mol. The lowest BCUT2D eigenvalue weighted by atomic mass is 10.2. The van der Waals surface area contributed by atoms with Gasteiger partial charge >= 0.3 is 5.97 Å². The summed E-state index contributed by atoms with van der Waals surface area (Å²) in [6, 6.07) is 4.09. The normalized spacial score (nSPS) is 15.6. The molecule has 110 valence electrons. The van der Waals surface area contributed by atoms with Gasteiger partial charge in [-0.15, -0.1) is 0 Å². The zero-order valence-corrected chi connectivity index (χ0v) is 13.4. The maximum Gasteiger partial charge on any atom is 0.335 e. The van der Waals surface area contributed by atoms with Crippen molar-refractivity contribution in [1.82, 2.24) is 4.31 Å². The van der Waals surface area contributed by atoms with Crippen LogP contribution in [0.1, 0.15) is 36.5 Å². The van der Waals surface area contributed by atoms with Gasteiger partial charge in [0.25, 0.3) is 0 Å². The largest absolute Gasteiger partial charge is 0.478 e. The Labute approximate surface area is 126 Å². The topological polar surface area (TPSA) is 74.7 Å². The van der Waals surface area contributed by atoms with Crippen LogP contribution in [0.3, 0.4) is 0 Å². The highest BCUT2D eigenvalue weighted by molar-refractivity contribution is 9.10. The first-order valence-electron chi connectivity index (χ1n) is 6.42. The van der Waals surface area contributed by atoms with Gasteiger partial charge in [0.15, 0.2) is 0 Å². The third-order valence-corrected chi connectivity index (χ3v) is 6.09. The number of rotatable bonds is 6. The van der Waals surface area contributed by atoms with E-state index in [4.69, 9.17) is 5.11 Å². The van der Waals surface area contributed by atoms with Crippen LogP contribution in [0.5, 0.6) is 0 Å². The van der Waals surface area contributed by atoms with Gasteiger partial charge < -0.3 is 5.11 Å². The highest BCUT2D eigenvalue weighted by Gasteiger charge is 2.38. The molecule has 5 nitrogen and oxygen atoms in total. The van der Waals surface area contributed by atoms with Crippen LogP contribution in [0.25, 0.3) is 0 Å². The summed E-state index contributed by atoms with van der Waals surface area (Å²) in [4.78, 5) is 11.0. The second-order valence-electron chi connectivity index (χ2n) is 4.80. The average Bonchev–Trinajstić information content (AvgIpc) is 3.19. The Morgan fingerprint density at radius 1 is 1.45 bits per heavy atom. The molecule has 2 rings (SSSR count). The van der Waals surface area contributed by atoms with E-state index < -0.39 is 16.0 Å². The predicted molar refractivity (Wildman–Crippen MR) is 78.3 cm³/mol. The Balaban J connectivity index is 2.40. The number of aromatic carboxylic acids is 1. The van der Waals surface area contributed by atoms with Gasteiger partial charge in [-0.3, -0.25) is 0 Å². The molecule has 0 atom stereocenters.